The van der Waals surface area contributed by atoms with Crippen molar-refractivity contribution in [1.29, 1.82) is 0 Å². The number of benzene rings is 3. The number of thiophene rings is 1. The monoisotopic (exact) mass is 371 g/mol. The van der Waals surface area contributed by atoms with Gasteiger partial charge in [0, 0.05) is 37.9 Å². The summed E-state index contributed by atoms with van der Waals surface area (Å²) in [5, 5.41) is 4.03. The van der Waals surface area contributed by atoms with Crippen molar-refractivity contribution in [3.8, 4) is 10.4 Å². The summed E-state index contributed by atoms with van der Waals surface area (Å²) in [6, 6.07) is 24.7. The Labute approximate surface area is 164 Å². The van der Waals surface area contributed by atoms with Gasteiger partial charge in [-0.05, 0) is 60.7 Å². The van der Waals surface area contributed by atoms with Gasteiger partial charge in [0.1, 0.15) is 0 Å². The standard InChI is InChI=1S/C23H19NS.C2H6/c1-3-24-20-7-5-4-6-18(20)19-13-16(10-11-21(19)24)23-14-17-9-8-15(2)12-22(17)25-23;1-2/h4-14H,3H2,1-2H3;1-2H3. The summed E-state index contributed by atoms with van der Waals surface area (Å²) in [7, 11) is 0. The quantitative estimate of drug-likeness (QED) is 0.296. The maximum absolute atomic E-state index is 2.41. The number of aromatic nitrogens is 1. The molecule has 0 radical (unpaired) electrons. The van der Waals surface area contributed by atoms with E-state index in [2.05, 4.69) is 85.1 Å². The molecule has 0 saturated carbocycles. The molecule has 0 aliphatic rings. The van der Waals surface area contributed by atoms with Crippen LogP contribution >= 0.6 is 11.3 Å². The minimum Gasteiger partial charge on any atom is -0.341 e. The molecule has 0 bridgehead atoms. The van der Waals surface area contributed by atoms with Crippen molar-refractivity contribution in [3.63, 3.8) is 0 Å². The SMILES string of the molecule is CC.CCn1c2ccccc2c2cc(-c3cc4ccc(C)cc4s3)ccc21. The Hall–Kier alpha value is -2.58. The van der Waals surface area contributed by atoms with Gasteiger partial charge in [0.05, 0.1) is 0 Å². The number of rotatable bonds is 2. The van der Waals surface area contributed by atoms with Crippen LogP contribution in [0.4, 0.5) is 0 Å². The smallest absolute Gasteiger partial charge is 0.0491 e. The van der Waals surface area contributed by atoms with Crippen molar-refractivity contribution in [1.82, 2.24) is 4.57 Å². The fraction of sp³-hybridized carbons (Fsp3) is 0.200. The van der Waals surface area contributed by atoms with Crippen molar-refractivity contribution in [2.24, 2.45) is 0 Å². The first-order valence-corrected chi connectivity index (χ1v) is 10.6. The van der Waals surface area contributed by atoms with Crippen LogP contribution in [-0.4, -0.2) is 4.57 Å². The number of hydrogen-bond donors (Lipinski definition) is 0. The van der Waals surface area contributed by atoms with Crippen LogP contribution in [0.5, 0.6) is 0 Å². The highest BCUT2D eigenvalue weighted by Gasteiger charge is 2.11. The van der Waals surface area contributed by atoms with Gasteiger partial charge in [0.2, 0.25) is 0 Å². The lowest BCUT2D eigenvalue weighted by molar-refractivity contribution is 0.827. The van der Waals surface area contributed by atoms with Crippen LogP contribution in [0.2, 0.25) is 0 Å². The van der Waals surface area contributed by atoms with Gasteiger partial charge in [-0.15, -0.1) is 11.3 Å². The van der Waals surface area contributed by atoms with E-state index < -0.39 is 0 Å². The summed E-state index contributed by atoms with van der Waals surface area (Å²) >= 11 is 1.88. The summed E-state index contributed by atoms with van der Waals surface area (Å²) in [6.07, 6.45) is 0. The zero-order chi connectivity index (χ0) is 19.0. The fourth-order valence-corrected chi connectivity index (χ4v) is 4.99. The summed E-state index contributed by atoms with van der Waals surface area (Å²) in [5.74, 6) is 0. The zero-order valence-corrected chi connectivity index (χ0v) is 17.2. The molecule has 2 heterocycles. The van der Waals surface area contributed by atoms with E-state index in [0.29, 0.717) is 0 Å². The predicted octanol–water partition coefficient (Wildman–Crippen LogP) is 8.03. The molecule has 0 atom stereocenters. The summed E-state index contributed by atoms with van der Waals surface area (Å²) in [5.41, 5.74) is 5.28. The first-order chi connectivity index (χ1) is 13.2. The summed E-state index contributed by atoms with van der Waals surface area (Å²) in [6.45, 7) is 9.37. The molecule has 0 aliphatic heterocycles. The zero-order valence-electron chi connectivity index (χ0n) is 16.4. The molecule has 2 heteroatoms. The number of para-hydroxylation sites is 1. The molecule has 0 saturated heterocycles. The molecule has 0 aliphatic carbocycles. The molecule has 0 fully saturated rings. The van der Waals surface area contributed by atoms with Gasteiger partial charge in [0.25, 0.3) is 0 Å². The normalized spacial score (nSPS) is 11.1. The van der Waals surface area contributed by atoms with Gasteiger partial charge < -0.3 is 4.57 Å². The fourth-order valence-electron chi connectivity index (χ4n) is 3.83. The van der Waals surface area contributed by atoms with E-state index in [1.165, 1.54) is 47.9 Å². The van der Waals surface area contributed by atoms with Gasteiger partial charge in [0.15, 0.2) is 0 Å². The number of nitrogens with zero attached hydrogens (tertiary/aromatic N) is 1. The summed E-state index contributed by atoms with van der Waals surface area (Å²) < 4.78 is 3.77. The van der Waals surface area contributed by atoms with Gasteiger partial charge in [-0.2, -0.15) is 0 Å². The van der Waals surface area contributed by atoms with E-state index in [1.807, 2.05) is 25.2 Å². The second kappa shape index (κ2) is 7.21. The third-order valence-corrected chi connectivity index (χ3v) is 6.20. The molecular formula is C25H25NS. The van der Waals surface area contributed by atoms with Gasteiger partial charge in [-0.1, -0.05) is 50.2 Å². The molecular weight excluding hydrogens is 346 g/mol. The predicted molar refractivity (Wildman–Crippen MR) is 122 cm³/mol. The van der Waals surface area contributed by atoms with Crippen LogP contribution in [0.1, 0.15) is 26.3 Å². The average Bonchev–Trinajstić information content (AvgIpc) is 3.27. The molecule has 1 nitrogen and oxygen atoms in total. The van der Waals surface area contributed by atoms with Crippen molar-refractivity contribution < 1.29 is 0 Å². The maximum Gasteiger partial charge on any atom is 0.0491 e. The Bertz CT molecular complexity index is 1240. The molecule has 0 N–H and O–H groups in total. The third-order valence-electron chi connectivity index (χ3n) is 5.05. The van der Waals surface area contributed by atoms with E-state index >= 15 is 0 Å². The van der Waals surface area contributed by atoms with Crippen molar-refractivity contribution in [3.05, 3.63) is 72.3 Å². The molecule has 0 amide bonds. The molecule has 0 spiro atoms. The van der Waals surface area contributed by atoms with E-state index in [1.54, 1.807) is 0 Å². The van der Waals surface area contributed by atoms with Crippen LogP contribution in [0.15, 0.2) is 66.7 Å². The van der Waals surface area contributed by atoms with E-state index in [0.717, 1.165) is 6.54 Å². The molecule has 2 aromatic heterocycles. The minimum absolute atomic E-state index is 0.992. The lowest BCUT2D eigenvalue weighted by Gasteiger charge is -2.03. The van der Waals surface area contributed by atoms with Crippen molar-refractivity contribution in [2.45, 2.75) is 34.2 Å². The Morgan fingerprint density at radius 2 is 1.59 bits per heavy atom. The second-order valence-electron chi connectivity index (χ2n) is 6.65. The lowest BCUT2D eigenvalue weighted by atomic mass is 10.1. The molecule has 5 rings (SSSR count). The van der Waals surface area contributed by atoms with Gasteiger partial charge in [-0.25, -0.2) is 0 Å². The van der Waals surface area contributed by atoms with Crippen molar-refractivity contribution >= 4 is 43.2 Å². The topological polar surface area (TPSA) is 4.93 Å². The van der Waals surface area contributed by atoms with Crippen LogP contribution in [0.25, 0.3) is 42.3 Å². The number of aryl methyl sites for hydroxylation is 2. The van der Waals surface area contributed by atoms with Gasteiger partial charge in [-0.3, -0.25) is 0 Å². The van der Waals surface area contributed by atoms with Crippen LogP contribution in [0.3, 0.4) is 0 Å². The van der Waals surface area contributed by atoms with E-state index in [9.17, 15) is 0 Å². The van der Waals surface area contributed by atoms with Crippen LogP contribution < -0.4 is 0 Å². The second-order valence-corrected chi connectivity index (χ2v) is 7.73. The van der Waals surface area contributed by atoms with E-state index in [-0.39, 0.29) is 0 Å². The first-order valence-electron chi connectivity index (χ1n) is 9.76. The Morgan fingerprint density at radius 3 is 2.41 bits per heavy atom. The third kappa shape index (κ3) is 2.94. The maximum atomic E-state index is 2.41. The largest absolute Gasteiger partial charge is 0.341 e. The van der Waals surface area contributed by atoms with E-state index in [4.69, 9.17) is 0 Å². The highest BCUT2D eigenvalue weighted by molar-refractivity contribution is 7.22. The molecule has 3 aromatic carbocycles. The average molecular weight is 372 g/mol. The lowest BCUT2D eigenvalue weighted by Crippen LogP contribution is -1.92. The highest BCUT2D eigenvalue weighted by atomic mass is 32.1. The molecule has 5 aromatic rings. The molecule has 136 valence electrons. The minimum atomic E-state index is 0.992. The highest BCUT2D eigenvalue weighted by Crippen LogP contribution is 2.37. The number of fused-ring (bicyclic) bond motifs is 4. The first kappa shape index (κ1) is 17.8. The Kier molecular flexibility index (Phi) is 4.75. The van der Waals surface area contributed by atoms with Gasteiger partial charge >= 0.3 is 0 Å². The van der Waals surface area contributed by atoms with Crippen LogP contribution in [-0.2, 0) is 6.54 Å². The molecule has 0 unspecified atom stereocenters. The number of hydrogen-bond acceptors (Lipinski definition) is 1. The Balaban J connectivity index is 0.000000872. The summed E-state index contributed by atoms with van der Waals surface area (Å²) in [4.78, 5) is 1.34. The van der Waals surface area contributed by atoms with Crippen molar-refractivity contribution in [2.75, 3.05) is 0 Å². The van der Waals surface area contributed by atoms with Crippen LogP contribution in [0, 0.1) is 6.92 Å². The Morgan fingerprint density at radius 1 is 0.815 bits per heavy atom. The molecule has 27 heavy (non-hydrogen) atoms.